The lowest BCUT2D eigenvalue weighted by Crippen LogP contribution is -1.94. The van der Waals surface area contributed by atoms with Gasteiger partial charge in [0.2, 0.25) is 0 Å². The zero-order chi connectivity index (χ0) is 21.4. The van der Waals surface area contributed by atoms with Crippen molar-refractivity contribution in [3.05, 3.63) is 102 Å². The van der Waals surface area contributed by atoms with Gasteiger partial charge in [0, 0.05) is 21.1 Å². The Hall–Kier alpha value is -3.10. The Morgan fingerprint density at radius 1 is 0.567 bits per heavy atom. The van der Waals surface area contributed by atoms with Gasteiger partial charge in [0.15, 0.2) is 0 Å². The van der Waals surface area contributed by atoms with Crippen molar-refractivity contribution >= 4 is 54.0 Å². The van der Waals surface area contributed by atoms with Crippen LogP contribution in [0.2, 0.25) is 0 Å². The van der Waals surface area contributed by atoms with Gasteiger partial charge >= 0.3 is 0 Å². The molecule has 30 heavy (non-hydrogen) atoms. The molecule has 0 heterocycles. The topological polar surface area (TPSA) is 86.3 Å². The third kappa shape index (κ3) is 3.59. The summed E-state index contributed by atoms with van der Waals surface area (Å²) in [6, 6.07) is 20.6. The molecule has 4 aromatic carbocycles. The van der Waals surface area contributed by atoms with E-state index in [1.807, 2.05) is 24.3 Å². The molecule has 0 saturated heterocycles. The van der Waals surface area contributed by atoms with Gasteiger partial charge in [-0.25, -0.2) is 0 Å². The molecule has 0 aliphatic heterocycles. The summed E-state index contributed by atoms with van der Waals surface area (Å²) in [5.74, 6) is 0. The van der Waals surface area contributed by atoms with Crippen LogP contribution in [0.5, 0.6) is 0 Å². The normalized spacial score (nSPS) is 10.9. The second-order valence-corrected chi connectivity index (χ2v) is 8.37. The summed E-state index contributed by atoms with van der Waals surface area (Å²) in [7, 11) is 0. The Labute approximate surface area is 187 Å². The summed E-state index contributed by atoms with van der Waals surface area (Å²) in [5.41, 5.74) is 2.29. The smallest absolute Gasteiger partial charge is 0.258 e. The molecule has 0 amide bonds. The molecule has 0 atom stereocenters. The van der Waals surface area contributed by atoms with Crippen molar-refractivity contribution in [2.24, 2.45) is 0 Å². The SMILES string of the molecule is O=[N+]([O-])c1ccc(Br)cc1-c1cccc2c(-c3cc(Br)ccc3[N+](=O)[O-])cccc12. The minimum Gasteiger partial charge on any atom is -0.258 e. The quantitative estimate of drug-likeness (QED) is 0.203. The molecule has 0 bridgehead atoms. The summed E-state index contributed by atoms with van der Waals surface area (Å²) >= 11 is 6.78. The Morgan fingerprint density at radius 2 is 0.967 bits per heavy atom. The molecule has 0 unspecified atom stereocenters. The van der Waals surface area contributed by atoms with E-state index in [1.54, 1.807) is 36.4 Å². The predicted octanol–water partition coefficient (Wildman–Crippen LogP) is 7.52. The van der Waals surface area contributed by atoms with E-state index >= 15 is 0 Å². The number of rotatable bonds is 4. The van der Waals surface area contributed by atoms with E-state index in [4.69, 9.17) is 0 Å². The molecular formula is C22H12Br2N2O4. The van der Waals surface area contributed by atoms with Crippen molar-refractivity contribution in [2.75, 3.05) is 0 Å². The fourth-order valence-corrected chi connectivity index (χ4v) is 4.27. The monoisotopic (exact) mass is 526 g/mol. The van der Waals surface area contributed by atoms with E-state index in [2.05, 4.69) is 31.9 Å². The maximum atomic E-state index is 11.6. The first-order valence-corrected chi connectivity index (χ1v) is 10.4. The van der Waals surface area contributed by atoms with Crippen LogP contribution in [0.1, 0.15) is 0 Å². The van der Waals surface area contributed by atoms with Gasteiger partial charge in [0.1, 0.15) is 0 Å². The number of fused-ring (bicyclic) bond motifs is 1. The van der Waals surface area contributed by atoms with Crippen LogP contribution in [-0.2, 0) is 0 Å². The summed E-state index contributed by atoms with van der Waals surface area (Å²) in [5, 5.41) is 24.7. The number of hydrogen-bond donors (Lipinski definition) is 0. The van der Waals surface area contributed by atoms with Crippen molar-refractivity contribution in [3.8, 4) is 22.3 Å². The molecule has 148 valence electrons. The first-order chi connectivity index (χ1) is 14.4. The van der Waals surface area contributed by atoms with Gasteiger partial charge in [0.05, 0.1) is 21.0 Å². The van der Waals surface area contributed by atoms with E-state index in [-0.39, 0.29) is 11.4 Å². The average molecular weight is 528 g/mol. The van der Waals surface area contributed by atoms with E-state index in [0.717, 1.165) is 19.7 Å². The highest BCUT2D eigenvalue weighted by atomic mass is 79.9. The number of benzene rings is 4. The summed E-state index contributed by atoms with van der Waals surface area (Å²) in [6.07, 6.45) is 0. The highest BCUT2D eigenvalue weighted by Crippen LogP contribution is 2.41. The van der Waals surface area contributed by atoms with Crippen LogP contribution >= 0.6 is 31.9 Å². The lowest BCUT2D eigenvalue weighted by Gasteiger charge is -2.12. The van der Waals surface area contributed by atoms with Crippen molar-refractivity contribution < 1.29 is 9.85 Å². The third-order valence-electron chi connectivity index (χ3n) is 4.81. The van der Waals surface area contributed by atoms with Crippen LogP contribution < -0.4 is 0 Å². The van der Waals surface area contributed by atoms with Crippen molar-refractivity contribution in [3.63, 3.8) is 0 Å². The molecule has 8 heteroatoms. The Balaban J connectivity index is 2.05. The summed E-state index contributed by atoms with van der Waals surface area (Å²) in [4.78, 5) is 22.4. The molecule has 0 radical (unpaired) electrons. The number of nitro benzene ring substituents is 2. The van der Waals surface area contributed by atoms with E-state index in [1.165, 1.54) is 12.1 Å². The molecule has 0 aliphatic carbocycles. The van der Waals surface area contributed by atoms with E-state index < -0.39 is 9.85 Å². The third-order valence-corrected chi connectivity index (χ3v) is 5.80. The standard InChI is InChI=1S/C22H12Br2N2O4/c23-13-7-9-21(25(27)28)19(11-13)17-5-1-3-15-16(17)4-2-6-18(15)20-12-14(24)8-10-22(20)26(29)30/h1-12H. The molecule has 6 nitrogen and oxygen atoms in total. The number of nitrogens with zero attached hydrogens (tertiary/aromatic N) is 2. The first-order valence-electron chi connectivity index (χ1n) is 8.77. The zero-order valence-electron chi connectivity index (χ0n) is 15.2. The molecule has 4 aromatic rings. The van der Waals surface area contributed by atoms with Gasteiger partial charge < -0.3 is 0 Å². The minimum absolute atomic E-state index is 0.00969. The maximum absolute atomic E-state index is 11.6. The van der Waals surface area contributed by atoms with Crippen molar-refractivity contribution in [2.45, 2.75) is 0 Å². The van der Waals surface area contributed by atoms with E-state index in [9.17, 15) is 20.2 Å². The van der Waals surface area contributed by atoms with Crippen LogP contribution in [0.15, 0.2) is 81.7 Å². The van der Waals surface area contributed by atoms with Crippen molar-refractivity contribution in [1.82, 2.24) is 0 Å². The van der Waals surface area contributed by atoms with Crippen LogP contribution in [0, 0.1) is 20.2 Å². The van der Waals surface area contributed by atoms with Gasteiger partial charge in [-0.1, -0.05) is 68.3 Å². The van der Waals surface area contributed by atoms with Crippen LogP contribution in [-0.4, -0.2) is 9.85 Å². The maximum Gasteiger partial charge on any atom is 0.277 e. The van der Waals surface area contributed by atoms with Gasteiger partial charge in [-0.2, -0.15) is 0 Å². The largest absolute Gasteiger partial charge is 0.277 e. The molecule has 0 aliphatic rings. The first kappa shape index (κ1) is 20.2. The second-order valence-electron chi connectivity index (χ2n) is 6.54. The molecule has 0 spiro atoms. The predicted molar refractivity (Wildman–Crippen MR) is 124 cm³/mol. The number of nitro groups is 2. The highest BCUT2D eigenvalue weighted by molar-refractivity contribution is 9.10. The lowest BCUT2D eigenvalue weighted by atomic mass is 9.92. The molecule has 0 N–H and O–H groups in total. The molecule has 0 aromatic heterocycles. The summed E-state index contributed by atoms with van der Waals surface area (Å²) < 4.78 is 1.44. The average Bonchev–Trinajstić information content (AvgIpc) is 2.72. The van der Waals surface area contributed by atoms with Crippen LogP contribution in [0.3, 0.4) is 0 Å². The molecule has 4 rings (SSSR count). The number of halogens is 2. The van der Waals surface area contributed by atoms with Gasteiger partial charge in [-0.05, 0) is 46.2 Å². The number of hydrogen-bond acceptors (Lipinski definition) is 4. The fraction of sp³-hybridized carbons (Fsp3) is 0. The lowest BCUT2D eigenvalue weighted by molar-refractivity contribution is -0.384. The zero-order valence-corrected chi connectivity index (χ0v) is 18.4. The van der Waals surface area contributed by atoms with Gasteiger partial charge in [0.25, 0.3) is 11.4 Å². The minimum atomic E-state index is -0.413. The second kappa shape index (κ2) is 7.97. The van der Waals surface area contributed by atoms with Crippen LogP contribution in [0.4, 0.5) is 11.4 Å². The molecule has 0 saturated carbocycles. The van der Waals surface area contributed by atoms with E-state index in [0.29, 0.717) is 22.3 Å². The molecular weight excluding hydrogens is 516 g/mol. The Bertz CT molecular complexity index is 1240. The van der Waals surface area contributed by atoms with Gasteiger partial charge in [-0.3, -0.25) is 20.2 Å². The Kier molecular flexibility index (Phi) is 5.36. The van der Waals surface area contributed by atoms with Crippen LogP contribution in [0.25, 0.3) is 33.0 Å². The summed E-state index contributed by atoms with van der Waals surface area (Å²) in [6.45, 7) is 0. The molecule has 0 fully saturated rings. The van der Waals surface area contributed by atoms with Crippen molar-refractivity contribution in [1.29, 1.82) is 0 Å². The van der Waals surface area contributed by atoms with Gasteiger partial charge in [-0.15, -0.1) is 0 Å². The highest BCUT2D eigenvalue weighted by Gasteiger charge is 2.21. The Morgan fingerprint density at radius 3 is 1.33 bits per heavy atom. The fourth-order valence-electron chi connectivity index (χ4n) is 3.55.